The van der Waals surface area contributed by atoms with Gasteiger partial charge in [-0.15, -0.1) is 0 Å². The Bertz CT molecular complexity index is 868. The SMILES string of the molecule is O=C(O)c1ccc(C2CCN(CC3(CN[C@H]4CC4c4ccccc4)CC3)CC2)cc1. The number of likely N-dealkylation sites (tertiary alicyclic amines) is 1. The Balaban J connectivity index is 1.07. The summed E-state index contributed by atoms with van der Waals surface area (Å²) in [5.74, 6) is 0.432. The highest BCUT2D eigenvalue weighted by molar-refractivity contribution is 5.87. The summed E-state index contributed by atoms with van der Waals surface area (Å²) in [4.78, 5) is 13.7. The van der Waals surface area contributed by atoms with Gasteiger partial charge in [0.25, 0.3) is 0 Å². The summed E-state index contributed by atoms with van der Waals surface area (Å²) in [7, 11) is 0. The van der Waals surface area contributed by atoms with E-state index in [1.807, 2.05) is 12.1 Å². The third kappa shape index (κ3) is 4.45. The van der Waals surface area contributed by atoms with Crippen LogP contribution in [0.25, 0.3) is 0 Å². The second-order valence-electron chi connectivity index (χ2n) is 9.72. The van der Waals surface area contributed by atoms with Gasteiger partial charge in [-0.3, -0.25) is 0 Å². The van der Waals surface area contributed by atoms with Crippen LogP contribution >= 0.6 is 0 Å². The first kappa shape index (κ1) is 19.8. The van der Waals surface area contributed by atoms with Gasteiger partial charge in [0.15, 0.2) is 0 Å². The summed E-state index contributed by atoms with van der Waals surface area (Å²) in [6, 6.07) is 19.1. The van der Waals surface area contributed by atoms with Gasteiger partial charge in [-0.05, 0) is 79.8 Å². The van der Waals surface area contributed by atoms with E-state index in [2.05, 4.69) is 40.5 Å². The predicted molar refractivity (Wildman–Crippen MR) is 119 cm³/mol. The maximum absolute atomic E-state index is 11.0. The van der Waals surface area contributed by atoms with Crippen molar-refractivity contribution in [1.82, 2.24) is 10.2 Å². The molecule has 2 aromatic carbocycles. The normalized spacial score (nSPS) is 25.7. The molecular formula is C26H32N2O2. The number of rotatable bonds is 8. The van der Waals surface area contributed by atoms with E-state index in [0.717, 1.165) is 19.6 Å². The van der Waals surface area contributed by atoms with Crippen molar-refractivity contribution in [3.05, 3.63) is 71.3 Å². The first-order chi connectivity index (χ1) is 14.6. The molecule has 2 N–H and O–H groups in total. The van der Waals surface area contributed by atoms with Gasteiger partial charge in [-0.1, -0.05) is 42.5 Å². The maximum Gasteiger partial charge on any atom is 0.335 e. The van der Waals surface area contributed by atoms with Crippen molar-refractivity contribution in [2.75, 3.05) is 26.2 Å². The van der Waals surface area contributed by atoms with Crippen LogP contribution in [0, 0.1) is 5.41 Å². The molecule has 1 aliphatic heterocycles. The molecule has 1 heterocycles. The second kappa shape index (κ2) is 8.16. The lowest BCUT2D eigenvalue weighted by Crippen LogP contribution is -2.40. The molecule has 0 radical (unpaired) electrons. The van der Waals surface area contributed by atoms with Crippen molar-refractivity contribution >= 4 is 5.97 Å². The zero-order valence-electron chi connectivity index (χ0n) is 17.6. The van der Waals surface area contributed by atoms with Crippen LogP contribution in [-0.2, 0) is 0 Å². The highest BCUT2D eigenvalue weighted by Crippen LogP contribution is 2.48. The van der Waals surface area contributed by atoms with Gasteiger partial charge in [0.1, 0.15) is 0 Å². The minimum absolute atomic E-state index is 0.379. The molecule has 2 aliphatic carbocycles. The van der Waals surface area contributed by atoms with E-state index in [0.29, 0.717) is 28.9 Å². The average Bonchev–Trinajstić information content (AvgIpc) is 3.70. The summed E-state index contributed by atoms with van der Waals surface area (Å²) in [6.07, 6.45) is 6.36. The number of piperidine rings is 1. The van der Waals surface area contributed by atoms with Crippen LogP contribution in [-0.4, -0.2) is 48.2 Å². The quantitative estimate of drug-likeness (QED) is 0.681. The van der Waals surface area contributed by atoms with Crippen LogP contribution in [0.5, 0.6) is 0 Å². The number of nitrogens with one attached hydrogen (secondary N) is 1. The van der Waals surface area contributed by atoms with E-state index in [-0.39, 0.29) is 0 Å². The lowest BCUT2D eigenvalue weighted by Gasteiger charge is -2.35. The third-order valence-electron chi connectivity index (χ3n) is 7.49. The number of hydrogen-bond donors (Lipinski definition) is 2. The Morgan fingerprint density at radius 1 is 1.00 bits per heavy atom. The Morgan fingerprint density at radius 3 is 2.33 bits per heavy atom. The van der Waals surface area contributed by atoms with Gasteiger partial charge in [0.2, 0.25) is 0 Å². The summed E-state index contributed by atoms with van der Waals surface area (Å²) in [5.41, 5.74) is 3.66. The molecule has 2 atom stereocenters. The van der Waals surface area contributed by atoms with Crippen molar-refractivity contribution in [1.29, 1.82) is 0 Å². The number of benzene rings is 2. The van der Waals surface area contributed by atoms with Crippen LogP contribution in [0.1, 0.15) is 65.4 Å². The number of carbonyl (C=O) groups is 1. The number of hydrogen-bond acceptors (Lipinski definition) is 3. The van der Waals surface area contributed by atoms with Gasteiger partial charge in [0, 0.05) is 25.0 Å². The van der Waals surface area contributed by atoms with Crippen LogP contribution in [0.2, 0.25) is 0 Å². The van der Waals surface area contributed by atoms with Gasteiger partial charge in [-0.2, -0.15) is 0 Å². The van der Waals surface area contributed by atoms with Crippen molar-refractivity contribution < 1.29 is 9.90 Å². The monoisotopic (exact) mass is 404 g/mol. The number of nitrogens with zero attached hydrogens (tertiary/aromatic N) is 1. The Labute approximate surface area is 179 Å². The van der Waals surface area contributed by atoms with E-state index in [4.69, 9.17) is 5.11 Å². The van der Waals surface area contributed by atoms with Crippen molar-refractivity contribution in [2.45, 2.75) is 50.0 Å². The fourth-order valence-corrected chi connectivity index (χ4v) is 5.20. The zero-order chi connectivity index (χ0) is 20.6. The van der Waals surface area contributed by atoms with Gasteiger partial charge in [0.05, 0.1) is 5.56 Å². The highest BCUT2D eigenvalue weighted by atomic mass is 16.4. The summed E-state index contributed by atoms with van der Waals surface area (Å²) in [6.45, 7) is 4.71. The minimum Gasteiger partial charge on any atom is -0.478 e. The lowest BCUT2D eigenvalue weighted by molar-refractivity contribution is 0.0697. The molecule has 5 rings (SSSR count). The minimum atomic E-state index is -0.846. The van der Waals surface area contributed by atoms with Crippen LogP contribution in [0.4, 0.5) is 0 Å². The molecule has 0 aromatic heterocycles. The fourth-order valence-electron chi connectivity index (χ4n) is 5.20. The summed E-state index contributed by atoms with van der Waals surface area (Å²) < 4.78 is 0. The molecule has 0 bridgehead atoms. The summed E-state index contributed by atoms with van der Waals surface area (Å²) in [5, 5.41) is 12.9. The van der Waals surface area contributed by atoms with Crippen LogP contribution in [0.3, 0.4) is 0 Å². The molecule has 158 valence electrons. The largest absolute Gasteiger partial charge is 0.478 e. The molecular weight excluding hydrogens is 372 g/mol. The average molecular weight is 405 g/mol. The molecule has 4 nitrogen and oxygen atoms in total. The standard InChI is InChI=1S/C26H32N2O2/c29-25(30)22-8-6-19(7-9-22)20-10-14-28(15-11-20)18-26(12-13-26)17-27-24-16-23(24)21-4-2-1-3-5-21/h1-9,20,23-24,27H,10-18H2,(H,29,30)/t23?,24-/m0/s1. The molecule has 2 saturated carbocycles. The fraction of sp³-hybridized carbons (Fsp3) is 0.500. The number of carboxylic acid groups (broad SMARTS) is 1. The molecule has 1 unspecified atom stereocenters. The van der Waals surface area contributed by atoms with Crippen LogP contribution < -0.4 is 5.32 Å². The molecule has 3 fully saturated rings. The van der Waals surface area contributed by atoms with Gasteiger partial charge < -0.3 is 15.3 Å². The van der Waals surface area contributed by atoms with Crippen molar-refractivity contribution in [3.63, 3.8) is 0 Å². The number of carboxylic acids is 1. The van der Waals surface area contributed by atoms with Crippen molar-refractivity contribution in [2.24, 2.45) is 5.41 Å². The van der Waals surface area contributed by atoms with Gasteiger partial charge >= 0.3 is 5.97 Å². The van der Waals surface area contributed by atoms with E-state index in [1.165, 1.54) is 49.8 Å². The molecule has 0 spiro atoms. The smallest absolute Gasteiger partial charge is 0.335 e. The number of aromatic carboxylic acids is 1. The molecule has 2 aromatic rings. The van der Waals surface area contributed by atoms with E-state index < -0.39 is 5.97 Å². The predicted octanol–water partition coefficient (Wildman–Crippen LogP) is 4.49. The first-order valence-corrected chi connectivity index (χ1v) is 11.5. The van der Waals surface area contributed by atoms with E-state index >= 15 is 0 Å². The van der Waals surface area contributed by atoms with E-state index in [9.17, 15) is 4.79 Å². The van der Waals surface area contributed by atoms with Gasteiger partial charge in [-0.25, -0.2) is 4.79 Å². The first-order valence-electron chi connectivity index (χ1n) is 11.5. The Morgan fingerprint density at radius 2 is 1.70 bits per heavy atom. The molecule has 0 amide bonds. The zero-order valence-corrected chi connectivity index (χ0v) is 17.6. The Hall–Kier alpha value is -2.17. The molecule has 30 heavy (non-hydrogen) atoms. The third-order valence-corrected chi connectivity index (χ3v) is 7.49. The Kier molecular flexibility index (Phi) is 5.38. The highest BCUT2D eigenvalue weighted by Gasteiger charge is 2.46. The molecule has 1 saturated heterocycles. The summed E-state index contributed by atoms with van der Waals surface area (Å²) >= 11 is 0. The topological polar surface area (TPSA) is 52.6 Å². The second-order valence-corrected chi connectivity index (χ2v) is 9.72. The maximum atomic E-state index is 11.0. The van der Waals surface area contributed by atoms with E-state index in [1.54, 1.807) is 12.1 Å². The molecule has 4 heteroatoms. The van der Waals surface area contributed by atoms with Crippen LogP contribution in [0.15, 0.2) is 54.6 Å². The lowest BCUT2D eigenvalue weighted by atomic mass is 9.88. The molecule has 3 aliphatic rings. The van der Waals surface area contributed by atoms with Crippen molar-refractivity contribution in [3.8, 4) is 0 Å².